The molecule has 0 aliphatic rings. The molecule has 0 saturated carbocycles. The van der Waals surface area contributed by atoms with Crippen LogP contribution < -0.4 is 11.1 Å². The van der Waals surface area contributed by atoms with Gasteiger partial charge in [0.15, 0.2) is 5.13 Å². The van der Waals surface area contributed by atoms with Gasteiger partial charge in [-0.3, -0.25) is 0 Å². The zero-order valence-electron chi connectivity index (χ0n) is 9.23. The van der Waals surface area contributed by atoms with Gasteiger partial charge in [-0.1, -0.05) is 35.6 Å². The van der Waals surface area contributed by atoms with E-state index in [1.54, 1.807) is 6.20 Å². The molecule has 0 amide bonds. The number of nitrogen functional groups attached to an aromatic ring is 1. The third kappa shape index (κ3) is 2.73. The first-order valence-electron chi connectivity index (χ1n) is 5.25. The molecule has 2 rings (SSSR count). The van der Waals surface area contributed by atoms with Crippen LogP contribution in [0.25, 0.3) is 0 Å². The number of nitrogens with one attached hydrogen (secondary N) is 1. The Labute approximate surface area is 99.3 Å². The molecule has 0 spiro atoms. The van der Waals surface area contributed by atoms with E-state index in [-0.39, 0.29) is 0 Å². The number of aromatic nitrogens is 1. The monoisotopic (exact) mass is 233 g/mol. The van der Waals surface area contributed by atoms with Crippen LogP contribution in [0.15, 0.2) is 30.5 Å². The van der Waals surface area contributed by atoms with E-state index < -0.39 is 0 Å². The second-order valence-corrected chi connectivity index (χ2v) is 4.73. The van der Waals surface area contributed by atoms with E-state index in [1.165, 1.54) is 22.5 Å². The van der Waals surface area contributed by atoms with Gasteiger partial charge in [0.1, 0.15) is 5.00 Å². The third-order valence-electron chi connectivity index (χ3n) is 2.46. The van der Waals surface area contributed by atoms with Crippen LogP contribution in [-0.4, -0.2) is 11.5 Å². The van der Waals surface area contributed by atoms with Crippen LogP contribution in [0.1, 0.15) is 11.1 Å². The topological polar surface area (TPSA) is 50.9 Å². The van der Waals surface area contributed by atoms with Gasteiger partial charge in [0.2, 0.25) is 0 Å². The fourth-order valence-electron chi connectivity index (χ4n) is 1.56. The lowest BCUT2D eigenvalue weighted by Crippen LogP contribution is -2.05. The average Bonchev–Trinajstić information content (AvgIpc) is 2.67. The summed E-state index contributed by atoms with van der Waals surface area (Å²) in [6.45, 7) is 3.02. The summed E-state index contributed by atoms with van der Waals surface area (Å²) in [5.74, 6) is 0. The Morgan fingerprint density at radius 1 is 1.38 bits per heavy atom. The molecule has 16 heavy (non-hydrogen) atoms. The molecule has 0 radical (unpaired) electrons. The van der Waals surface area contributed by atoms with Crippen LogP contribution in [-0.2, 0) is 6.42 Å². The standard InChI is InChI=1S/C12H15N3S/c1-9-4-2-3-5-10(9)6-7-14-12-15-8-11(13)16-12/h2-5,8H,6-7,13H2,1H3,(H,14,15). The zero-order valence-corrected chi connectivity index (χ0v) is 10.1. The van der Waals surface area contributed by atoms with Crippen molar-refractivity contribution in [3.05, 3.63) is 41.6 Å². The van der Waals surface area contributed by atoms with E-state index in [0.717, 1.165) is 23.1 Å². The van der Waals surface area contributed by atoms with E-state index >= 15 is 0 Å². The molecule has 3 nitrogen and oxygen atoms in total. The van der Waals surface area contributed by atoms with Crippen LogP contribution in [0.4, 0.5) is 10.1 Å². The van der Waals surface area contributed by atoms with Crippen molar-refractivity contribution in [2.75, 3.05) is 17.6 Å². The smallest absolute Gasteiger partial charge is 0.184 e. The fraction of sp³-hybridized carbons (Fsp3) is 0.250. The molecule has 0 unspecified atom stereocenters. The summed E-state index contributed by atoms with van der Waals surface area (Å²) in [5, 5.41) is 4.91. The minimum absolute atomic E-state index is 0.749. The molecule has 0 fully saturated rings. The SMILES string of the molecule is Cc1ccccc1CCNc1ncc(N)s1. The van der Waals surface area contributed by atoms with E-state index in [0.29, 0.717) is 0 Å². The van der Waals surface area contributed by atoms with Crippen LogP contribution in [0.3, 0.4) is 0 Å². The average molecular weight is 233 g/mol. The molecule has 0 aliphatic carbocycles. The molecule has 1 aromatic carbocycles. The van der Waals surface area contributed by atoms with E-state index in [4.69, 9.17) is 5.73 Å². The minimum atomic E-state index is 0.749. The number of rotatable bonds is 4. The predicted octanol–water partition coefficient (Wildman–Crippen LogP) is 2.69. The number of hydrogen-bond acceptors (Lipinski definition) is 4. The summed E-state index contributed by atoms with van der Waals surface area (Å²) in [4.78, 5) is 4.15. The summed E-state index contributed by atoms with van der Waals surface area (Å²) in [5.41, 5.74) is 8.31. The second-order valence-electron chi connectivity index (χ2n) is 3.67. The number of aryl methyl sites for hydroxylation is 1. The van der Waals surface area contributed by atoms with Crippen molar-refractivity contribution >= 4 is 21.5 Å². The molecule has 4 heteroatoms. The zero-order chi connectivity index (χ0) is 11.4. The van der Waals surface area contributed by atoms with Gasteiger partial charge in [-0.15, -0.1) is 0 Å². The van der Waals surface area contributed by atoms with Crippen LogP contribution in [0.2, 0.25) is 0 Å². The molecule has 2 aromatic rings. The Balaban J connectivity index is 1.87. The fourth-order valence-corrected chi connectivity index (χ4v) is 2.17. The Kier molecular flexibility index (Phi) is 3.41. The van der Waals surface area contributed by atoms with Crippen LogP contribution >= 0.6 is 11.3 Å². The van der Waals surface area contributed by atoms with Crippen molar-refractivity contribution in [1.29, 1.82) is 0 Å². The van der Waals surface area contributed by atoms with Gasteiger partial charge in [-0.05, 0) is 24.5 Å². The van der Waals surface area contributed by atoms with E-state index in [1.807, 2.05) is 0 Å². The molecule has 0 atom stereocenters. The van der Waals surface area contributed by atoms with Gasteiger partial charge in [-0.2, -0.15) is 0 Å². The highest BCUT2D eigenvalue weighted by molar-refractivity contribution is 7.19. The molecule has 0 saturated heterocycles. The summed E-state index contributed by atoms with van der Waals surface area (Å²) in [7, 11) is 0. The summed E-state index contributed by atoms with van der Waals surface area (Å²) < 4.78 is 0. The summed E-state index contributed by atoms with van der Waals surface area (Å²) >= 11 is 1.48. The van der Waals surface area contributed by atoms with Crippen LogP contribution in [0, 0.1) is 6.92 Å². The highest BCUT2D eigenvalue weighted by atomic mass is 32.1. The van der Waals surface area contributed by atoms with Crippen LogP contribution in [0.5, 0.6) is 0 Å². The highest BCUT2D eigenvalue weighted by Crippen LogP contribution is 2.19. The number of nitrogens with two attached hydrogens (primary N) is 1. The minimum Gasteiger partial charge on any atom is -0.389 e. The molecule has 0 bridgehead atoms. The van der Waals surface area contributed by atoms with E-state index in [9.17, 15) is 0 Å². The number of nitrogens with zero attached hydrogens (tertiary/aromatic N) is 1. The first kappa shape index (κ1) is 11.0. The maximum absolute atomic E-state index is 5.60. The first-order chi connectivity index (χ1) is 7.75. The molecule has 1 aromatic heterocycles. The number of anilines is 2. The normalized spacial score (nSPS) is 10.3. The molecule has 3 N–H and O–H groups in total. The van der Waals surface area contributed by atoms with Gasteiger partial charge in [0.05, 0.1) is 6.20 Å². The maximum Gasteiger partial charge on any atom is 0.184 e. The van der Waals surface area contributed by atoms with Crippen molar-refractivity contribution in [2.45, 2.75) is 13.3 Å². The first-order valence-corrected chi connectivity index (χ1v) is 6.07. The molecular weight excluding hydrogens is 218 g/mol. The van der Waals surface area contributed by atoms with E-state index in [2.05, 4.69) is 41.5 Å². The van der Waals surface area contributed by atoms with Crippen molar-refractivity contribution in [1.82, 2.24) is 4.98 Å². The van der Waals surface area contributed by atoms with Gasteiger partial charge >= 0.3 is 0 Å². The van der Waals surface area contributed by atoms with Crippen molar-refractivity contribution in [3.8, 4) is 0 Å². The number of benzene rings is 1. The third-order valence-corrected chi connectivity index (χ3v) is 3.24. The van der Waals surface area contributed by atoms with Crippen molar-refractivity contribution < 1.29 is 0 Å². The Morgan fingerprint density at radius 2 is 2.19 bits per heavy atom. The number of thiazole rings is 1. The molecule has 84 valence electrons. The van der Waals surface area contributed by atoms with Gasteiger partial charge in [0.25, 0.3) is 0 Å². The lowest BCUT2D eigenvalue weighted by molar-refractivity contribution is 1.00. The molecular formula is C12H15N3S. The summed E-state index contributed by atoms with van der Waals surface area (Å²) in [6, 6.07) is 8.43. The van der Waals surface area contributed by atoms with Gasteiger partial charge in [-0.25, -0.2) is 4.98 Å². The maximum atomic E-state index is 5.60. The lowest BCUT2D eigenvalue weighted by Gasteiger charge is -2.05. The largest absolute Gasteiger partial charge is 0.389 e. The number of hydrogen-bond donors (Lipinski definition) is 2. The summed E-state index contributed by atoms with van der Waals surface area (Å²) in [6.07, 6.45) is 2.69. The lowest BCUT2D eigenvalue weighted by atomic mass is 10.1. The van der Waals surface area contributed by atoms with Crippen molar-refractivity contribution in [3.63, 3.8) is 0 Å². The molecule has 0 aliphatic heterocycles. The Bertz CT molecular complexity index is 465. The second kappa shape index (κ2) is 4.99. The predicted molar refractivity (Wildman–Crippen MR) is 69.9 cm³/mol. The Morgan fingerprint density at radius 3 is 2.88 bits per heavy atom. The highest BCUT2D eigenvalue weighted by Gasteiger charge is 1.99. The quantitative estimate of drug-likeness (QED) is 0.853. The Hall–Kier alpha value is -1.55. The van der Waals surface area contributed by atoms with Gasteiger partial charge < -0.3 is 11.1 Å². The van der Waals surface area contributed by atoms with Crippen molar-refractivity contribution in [2.24, 2.45) is 0 Å². The molecule has 1 heterocycles. The van der Waals surface area contributed by atoms with Gasteiger partial charge in [0, 0.05) is 6.54 Å².